The van der Waals surface area contributed by atoms with Gasteiger partial charge in [-0.25, -0.2) is 0 Å². The summed E-state index contributed by atoms with van der Waals surface area (Å²) in [5.74, 6) is -0.429. The Morgan fingerprint density at radius 2 is 1.84 bits per heavy atom. The van der Waals surface area contributed by atoms with E-state index in [-0.39, 0.29) is 16.7 Å². The van der Waals surface area contributed by atoms with Crippen LogP contribution in [-0.2, 0) is 0 Å². The van der Waals surface area contributed by atoms with Gasteiger partial charge in [0.2, 0.25) is 0 Å². The number of phenols is 1. The van der Waals surface area contributed by atoms with Crippen LogP contribution < -0.4 is 5.32 Å². The van der Waals surface area contributed by atoms with Crippen LogP contribution in [0.1, 0.15) is 15.9 Å². The molecule has 0 aromatic heterocycles. The zero-order valence-corrected chi connectivity index (χ0v) is 11.6. The third-order valence-corrected chi connectivity index (χ3v) is 3.21. The number of hydrogen-bond donors (Lipinski definition) is 2. The fraction of sp³-hybridized carbons (Fsp3) is 0.0714. The Bertz CT molecular complexity index is 641. The van der Waals surface area contributed by atoms with Gasteiger partial charge in [-0.15, -0.1) is 0 Å². The molecule has 0 heterocycles. The zero-order valence-electron chi connectivity index (χ0n) is 10.1. The van der Waals surface area contributed by atoms with Crippen LogP contribution in [0.3, 0.4) is 0 Å². The topological polar surface area (TPSA) is 49.3 Å². The standard InChI is InChI=1S/C14H11Cl2NO2/c1-8-2-4-10(12(16)6-8)14(19)17-9-3-5-11(15)13(18)7-9/h2-7,18H,1H3,(H,17,19). The maximum atomic E-state index is 12.0. The van der Waals surface area contributed by atoms with E-state index in [1.807, 2.05) is 6.92 Å². The molecule has 2 aromatic rings. The highest BCUT2D eigenvalue weighted by Gasteiger charge is 2.11. The molecule has 3 nitrogen and oxygen atoms in total. The molecule has 0 aliphatic rings. The first kappa shape index (κ1) is 13.7. The smallest absolute Gasteiger partial charge is 0.257 e. The quantitative estimate of drug-likeness (QED) is 0.870. The highest BCUT2D eigenvalue weighted by Crippen LogP contribution is 2.27. The van der Waals surface area contributed by atoms with Crippen molar-refractivity contribution in [1.29, 1.82) is 0 Å². The molecule has 0 atom stereocenters. The van der Waals surface area contributed by atoms with E-state index in [4.69, 9.17) is 23.2 Å². The fourth-order valence-corrected chi connectivity index (χ4v) is 2.03. The molecule has 0 fully saturated rings. The Morgan fingerprint density at radius 1 is 1.11 bits per heavy atom. The molecule has 2 rings (SSSR count). The lowest BCUT2D eigenvalue weighted by atomic mass is 10.1. The second-order valence-electron chi connectivity index (χ2n) is 4.10. The molecule has 1 amide bonds. The summed E-state index contributed by atoms with van der Waals surface area (Å²) >= 11 is 11.7. The van der Waals surface area contributed by atoms with E-state index < -0.39 is 0 Å². The number of benzene rings is 2. The van der Waals surface area contributed by atoms with Gasteiger partial charge in [0, 0.05) is 11.8 Å². The number of phenolic OH excluding ortho intramolecular Hbond substituents is 1. The number of rotatable bonds is 2. The van der Waals surface area contributed by atoms with Crippen molar-refractivity contribution in [3.8, 4) is 5.75 Å². The van der Waals surface area contributed by atoms with Crippen molar-refractivity contribution >= 4 is 34.8 Å². The van der Waals surface area contributed by atoms with Crippen LogP contribution in [0.4, 0.5) is 5.69 Å². The van der Waals surface area contributed by atoms with E-state index in [2.05, 4.69) is 5.32 Å². The first-order chi connectivity index (χ1) is 8.97. The van der Waals surface area contributed by atoms with E-state index in [0.717, 1.165) is 5.56 Å². The Kier molecular flexibility index (Phi) is 3.98. The minimum Gasteiger partial charge on any atom is -0.506 e. The van der Waals surface area contributed by atoms with Crippen molar-refractivity contribution in [2.24, 2.45) is 0 Å². The van der Waals surface area contributed by atoms with Crippen LogP contribution in [0.2, 0.25) is 10.0 Å². The number of halogens is 2. The monoisotopic (exact) mass is 295 g/mol. The van der Waals surface area contributed by atoms with E-state index in [1.165, 1.54) is 12.1 Å². The van der Waals surface area contributed by atoms with Gasteiger partial charge >= 0.3 is 0 Å². The zero-order chi connectivity index (χ0) is 14.0. The van der Waals surface area contributed by atoms with Crippen molar-refractivity contribution < 1.29 is 9.90 Å². The van der Waals surface area contributed by atoms with Gasteiger partial charge in [-0.3, -0.25) is 4.79 Å². The van der Waals surface area contributed by atoms with Crippen LogP contribution in [-0.4, -0.2) is 11.0 Å². The minimum atomic E-state index is -0.341. The van der Waals surface area contributed by atoms with Gasteiger partial charge in [-0.1, -0.05) is 29.3 Å². The number of aryl methyl sites for hydroxylation is 1. The van der Waals surface area contributed by atoms with Crippen molar-refractivity contribution in [1.82, 2.24) is 0 Å². The maximum Gasteiger partial charge on any atom is 0.257 e. The largest absolute Gasteiger partial charge is 0.506 e. The molecule has 0 aliphatic carbocycles. The summed E-state index contributed by atoms with van der Waals surface area (Å²) in [7, 11) is 0. The lowest BCUT2D eigenvalue weighted by Gasteiger charge is -2.08. The Morgan fingerprint density at radius 3 is 2.47 bits per heavy atom. The number of aromatic hydroxyl groups is 1. The molecule has 0 saturated heterocycles. The van der Waals surface area contributed by atoms with Gasteiger partial charge in [-0.05, 0) is 36.8 Å². The van der Waals surface area contributed by atoms with Gasteiger partial charge < -0.3 is 10.4 Å². The predicted octanol–water partition coefficient (Wildman–Crippen LogP) is 4.26. The molecule has 5 heteroatoms. The van der Waals surface area contributed by atoms with Crippen LogP contribution >= 0.6 is 23.2 Å². The molecular formula is C14H11Cl2NO2. The normalized spacial score (nSPS) is 10.3. The third-order valence-electron chi connectivity index (χ3n) is 2.57. The summed E-state index contributed by atoms with van der Waals surface area (Å²) in [6, 6.07) is 9.66. The summed E-state index contributed by atoms with van der Waals surface area (Å²) < 4.78 is 0. The summed E-state index contributed by atoms with van der Waals surface area (Å²) in [5, 5.41) is 12.7. The number of anilines is 1. The highest BCUT2D eigenvalue weighted by molar-refractivity contribution is 6.34. The Labute approximate surface area is 120 Å². The first-order valence-corrected chi connectivity index (χ1v) is 6.29. The Balaban J connectivity index is 2.23. The minimum absolute atomic E-state index is 0.0885. The van der Waals surface area contributed by atoms with Gasteiger partial charge in [0.15, 0.2) is 0 Å². The van der Waals surface area contributed by atoms with E-state index in [9.17, 15) is 9.90 Å². The predicted molar refractivity (Wildman–Crippen MR) is 77.3 cm³/mol. The second kappa shape index (κ2) is 5.51. The van der Waals surface area contributed by atoms with Crippen molar-refractivity contribution in [3.63, 3.8) is 0 Å². The van der Waals surface area contributed by atoms with Gasteiger partial charge in [0.25, 0.3) is 5.91 Å². The third kappa shape index (κ3) is 3.19. The molecular weight excluding hydrogens is 285 g/mol. The Hall–Kier alpha value is -1.71. The van der Waals surface area contributed by atoms with Crippen LogP contribution in [0.15, 0.2) is 36.4 Å². The average Bonchev–Trinajstić information content (AvgIpc) is 2.33. The number of nitrogens with one attached hydrogen (secondary N) is 1. The SMILES string of the molecule is Cc1ccc(C(=O)Nc2ccc(Cl)c(O)c2)c(Cl)c1. The second-order valence-corrected chi connectivity index (χ2v) is 4.92. The molecule has 0 spiro atoms. The van der Waals surface area contributed by atoms with Crippen molar-refractivity contribution in [2.75, 3.05) is 5.32 Å². The van der Waals surface area contributed by atoms with Crippen LogP contribution in [0.25, 0.3) is 0 Å². The number of carbonyl (C=O) groups is 1. The molecule has 0 radical (unpaired) electrons. The molecule has 2 N–H and O–H groups in total. The van der Waals surface area contributed by atoms with Crippen molar-refractivity contribution in [2.45, 2.75) is 6.92 Å². The first-order valence-electron chi connectivity index (χ1n) is 5.53. The van der Waals surface area contributed by atoms with E-state index in [0.29, 0.717) is 16.3 Å². The molecule has 0 aliphatic heterocycles. The van der Waals surface area contributed by atoms with Crippen LogP contribution in [0, 0.1) is 6.92 Å². The van der Waals surface area contributed by atoms with Gasteiger partial charge in [-0.2, -0.15) is 0 Å². The molecule has 0 saturated carbocycles. The molecule has 98 valence electrons. The van der Waals surface area contributed by atoms with E-state index >= 15 is 0 Å². The average molecular weight is 296 g/mol. The summed E-state index contributed by atoms with van der Waals surface area (Å²) in [4.78, 5) is 12.0. The fourth-order valence-electron chi connectivity index (χ4n) is 1.59. The highest BCUT2D eigenvalue weighted by atomic mass is 35.5. The molecule has 2 aromatic carbocycles. The number of hydrogen-bond acceptors (Lipinski definition) is 2. The number of amides is 1. The van der Waals surface area contributed by atoms with Crippen molar-refractivity contribution in [3.05, 3.63) is 57.6 Å². The maximum absolute atomic E-state index is 12.0. The van der Waals surface area contributed by atoms with Crippen LogP contribution in [0.5, 0.6) is 5.75 Å². The van der Waals surface area contributed by atoms with E-state index in [1.54, 1.807) is 24.3 Å². The van der Waals surface area contributed by atoms with Gasteiger partial charge in [0.05, 0.1) is 15.6 Å². The molecule has 0 bridgehead atoms. The number of carbonyl (C=O) groups excluding carboxylic acids is 1. The van der Waals surface area contributed by atoms with Gasteiger partial charge in [0.1, 0.15) is 5.75 Å². The summed E-state index contributed by atoms with van der Waals surface area (Å²) in [6.07, 6.45) is 0. The lowest BCUT2D eigenvalue weighted by Crippen LogP contribution is -2.12. The summed E-state index contributed by atoms with van der Waals surface area (Å²) in [5.41, 5.74) is 1.80. The molecule has 0 unspecified atom stereocenters. The lowest BCUT2D eigenvalue weighted by molar-refractivity contribution is 0.102. The summed E-state index contributed by atoms with van der Waals surface area (Å²) in [6.45, 7) is 1.89. The molecule has 19 heavy (non-hydrogen) atoms.